The lowest BCUT2D eigenvalue weighted by Gasteiger charge is -2.33. The van der Waals surface area contributed by atoms with Crippen LogP contribution in [0.4, 0.5) is 5.69 Å². The number of aromatic nitrogens is 3. The third kappa shape index (κ3) is 4.43. The second-order valence-corrected chi connectivity index (χ2v) is 6.46. The van der Waals surface area contributed by atoms with E-state index in [1.165, 1.54) is 0 Å². The molecular weight excluding hydrogens is 318 g/mol. The molecule has 1 saturated heterocycles. The molecule has 0 N–H and O–H groups in total. The molecule has 1 fully saturated rings. The van der Waals surface area contributed by atoms with Crippen molar-refractivity contribution in [2.45, 2.75) is 19.6 Å². The van der Waals surface area contributed by atoms with E-state index in [0.29, 0.717) is 12.6 Å². The molecule has 7 nitrogen and oxygen atoms in total. The Bertz CT molecular complexity index is 705. The summed E-state index contributed by atoms with van der Waals surface area (Å²) >= 11 is 0. The predicted octanol–water partition coefficient (Wildman–Crippen LogP) is 1.83. The molecule has 0 spiro atoms. The predicted molar refractivity (Wildman–Crippen MR) is 95.9 cm³/mol. The summed E-state index contributed by atoms with van der Waals surface area (Å²) in [4.78, 5) is 17.5. The molecule has 3 heterocycles. The maximum absolute atomic E-state index is 5.98. The molecule has 25 heavy (non-hydrogen) atoms. The van der Waals surface area contributed by atoms with Gasteiger partial charge in [-0.1, -0.05) is 0 Å². The van der Waals surface area contributed by atoms with Crippen LogP contribution < -0.4 is 9.64 Å². The van der Waals surface area contributed by atoms with E-state index < -0.39 is 0 Å². The summed E-state index contributed by atoms with van der Waals surface area (Å²) in [7, 11) is 5.64. The molecular formula is C18H25N5O2. The van der Waals surface area contributed by atoms with Crippen molar-refractivity contribution in [3.8, 4) is 6.01 Å². The number of rotatable bonds is 5. The third-order valence-electron chi connectivity index (χ3n) is 4.23. The van der Waals surface area contributed by atoms with Gasteiger partial charge in [-0.25, -0.2) is 9.97 Å². The van der Waals surface area contributed by atoms with Gasteiger partial charge in [-0.15, -0.1) is 0 Å². The second-order valence-electron chi connectivity index (χ2n) is 6.46. The van der Waals surface area contributed by atoms with Crippen LogP contribution >= 0.6 is 0 Å². The van der Waals surface area contributed by atoms with Crippen molar-refractivity contribution in [1.82, 2.24) is 19.9 Å². The maximum Gasteiger partial charge on any atom is 0.316 e. The van der Waals surface area contributed by atoms with Gasteiger partial charge >= 0.3 is 6.01 Å². The first kappa shape index (κ1) is 17.6. The van der Waals surface area contributed by atoms with Crippen LogP contribution in [0.1, 0.15) is 23.1 Å². The molecule has 1 aliphatic rings. The van der Waals surface area contributed by atoms with Crippen LogP contribution in [0.5, 0.6) is 6.01 Å². The number of hydrogen-bond donors (Lipinski definition) is 0. The van der Waals surface area contributed by atoms with E-state index in [1.807, 2.05) is 33.4 Å². The van der Waals surface area contributed by atoms with Gasteiger partial charge < -0.3 is 14.4 Å². The molecule has 0 unspecified atom stereocenters. The third-order valence-corrected chi connectivity index (χ3v) is 4.23. The summed E-state index contributed by atoms with van der Waals surface area (Å²) in [5.41, 5.74) is 4.20. The lowest BCUT2D eigenvalue weighted by molar-refractivity contribution is -0.0350. The zero-order valence-corrected chi connectivity index (χ0v) is 15.3. The van der Waals surface area contributed by atoms with Crippen LogP contribution in [0.3, 0.4) is 0 Å². The first-order valence-corrected chi connectivity index (χ1v) is 8.40. The number of pyridine rings is 1. The molecule has 134 valence electrons. The molecule has 0 aromatic carbocycles. The molecule has 1 atom stereocenters. The molecule has 0 bridgehead atoms. The Morgan fingerprint density at radius 2 is 2.04 bits per heavy atom. The van der Waals surface area contributed by atoms with Crippen LogP contribution in [-0.2, 0) is 11.3 Å². The Labute approximate surface area is 148 Å². The Morgan fingerprint density at radius 3 is 2.72 bits per heavy atom. The van der Waals surface area contributed by atoms with E-state index in [4.69, 9.17) is 9.47 Å². The molecule has 3 rings (SSSR count). The van der Waals surface area contributed by atoms with Crippen molar-refractivity contribution in [2.75, 3.05) is 45.8 Å². The Balaban J connectivity index is 1.70. The summed E-state index contributed by atoms with van der Waals surface area (Å²) < 4.78 is 11.0. The number of methoxy groups -OCH3 is 1. The van der Waals surface area contributed by atoms with Gasteiger partial charge in [0.05, 0.1) is 19.4 Å². The first-order valence-electron chi connectivity index (χ1n) is 8.40. The van der Waals surface area contributed by atoms with E-state index >= 15 is 0 Å². The fraction of sp³-hybridized carbons (Fsp3) is 0.500. The number of nitrogens with zero attached hydrogens (tertiary/aromatic N) is 5. The van der Waals surface area contributed by atoms with E-state index in [-0.39, 0.29) is 6.10 Å². The maximum atomic E-state index is 5.98. The van der Waals surface area contributed by atoms with Crippen LogP contribution in [-0.4, -0.2) is 60.8 Å². The van der Waals surface area contributed by atoms with Crippen LogP contribution in [0.25, 0.3) is 0 Å². The number of morpholine rings is 1. The highest BCUT2D eigenvalue weighted by Gasteiger charge is 2.24. The fourth-order valence-corrected chi connectivity index (χ4v) is 2.91. The zero-order valence-electron chi connectivity index (χ0n) is 15.3. The van der Waals surface area contributed by atoms with Crippen LogP contribution in [0.15, 0.2) is 24.5 Å². The van der Waals surface area contributed by atoms with Gasteiger partial charge in [0.15, 0.2) is 0 Å². The second kappa shape index (κ2) is 7.76. The molecule has 0 radical (unpaired) electrons. The van der Waals surface area contributed by atoms with Crippen LogP contribution in [0, 0.1) is 6.92 Å². The average Bonchev–Trinajstić information content (AvgIpc) is 2.62. The van der Waals surface area contributed by atoms with Crippen molar-refractivity contribution in [3.63, 3.8) is 0 Å². The quantitative estimate of drug-likeness (QED) is 0.820. The minimum Gasteiger partial charge on any atom is -0.467 e. The normalized spacial score (nSPS) is 18.2. The van der Waals surface area contributed by atoms with Gasteiger partial charge in [-0.05, 0) is 19.1 Å². The zero-order chi connectivity index (χ0) is 17.8. The van der Waals surface area contributed by atoms with Gasteiger partial charge in [-0.2, -0.15) is 0 Å². The highest BCUT2D eigenvalue weighted by Crippen LogP contribution is 2.25. The summed E-state index contributed by atoms with van der Waals surface area (Å²) in [6, 6.07) is 4.58. The number of anilines is 1. The van der Waals surface area contributed by atoms with E-state index in [0.717, 1.165) is 42.3 Å². The smallest absolute Gasteiger partial charge is 0.316 e. The molecule has 2 aromatic heterocycles. The Morgan fingerprint density at radius 1 is 1.28 bits per heavy atom. The van der Waals surface area contributed by atoms with Gasteiger partial charge in [0.2, 0.25) is 0 Å². The molecule has 2 aromatic rings. The van der Waals surface area contributed by atoms with Gasteiger partial charge in [-0.3, -0.25) is 9.88 Å². The minimum absolute atomic E-state index is 0.0217. The topological polar surface area (TPSA) is 63.6 Å². The van der Waals surface area contributed by atoms with E-state index in [2.05, 4.69) is 36.9 Å². The molecule has 7 heteroatoms. The van der Waals surface area contributed by atoms with E-state index in [1.54, 1.807) is 7.11 Å². The lowest BCUT2D eigenvalue weighted by Crippen LogP contribution is -2.38. The van der Waals surface area contributed by atoms with Crippen LogP contribution in [0.2, 0.25) is 0 Å². The fourth-order valence-electron chi connectivity index (χ4n) is 2.91. The Hall–Kier alpha value is -2.25. The van der Waals surface area contributed by atoms with Crippen molar-refractivity contribution < 1.29 is 9.47 Å². The first-order chi connectivity index (χ1) is 12.0. The standard InChI is InChI=1S/C18H25N5O2/c1-13-7-15(22(2)3)8-16(21-13)17-12-23(5-6-25-17)11-14-9-19-18(24-4)20-10-14/h7-10,17H,5-6,11-12H2,1-4H3/t17-/m0/s1. The lowest BCUT2D eigenvalue weighted by atomic mass is 10.1. The van der Waals surface area contributed by atoms with Crippen molar-refractivity contribution >= 4 is 5.69 Å². The largest absolute Gasteiger partial charge is 0.467 e. The highest BCUT2D eigenvalue weighted by molar-refractivity contribution is 5.47. The van der Waals surface area contributed by atoms with Gasteiger partial charge in [0, 0.05) is 63.1 Å². The number of hydrogen-bond acceptors (Lipinski definition) is 7. The monoisotopic (exact) mass is 343 g/mol. The minimum atomic E-state index is -0.0217. The molecule has 1 aliphatic heterocycles. The van der Waals surface area contributed by atoms with Crippen molar-refractivity contribution in [2.24, 2.45) is 0 Å². The Kier molecular flexibility index (Phi) is 5.45. The highest BCUT2D eigenvalue weighted by atomic mass is 16.5. The van der Waals surface area contributed by atoms with E-state index in [9.17, 15) is 0 Å². The molecule has 0 saturated carbocycles. The molecule has 0 aliphatic carbocycles. The summed E-state index contributed by atoms with van der Waals surface area (Å²) in [5, 5.41) is 0. The summed E-state index contributed by atoms with van der Waals surface area (Å²) in [6.45, 7) is 5.18. The SMILES string of the molecule is COc1ncc(CN2CCO[C@H](c3cc(N(C)C)cc(C)n3)C2)cn1. The number of aryl methyl sites for hydroxylation is 1. The molecule has 0 amide bonds. The van der Waals surface area contributed by atoms with Gasteiger partial charge in [0.25, 0.3) is 0 Å². The van der Waals surface area contributed by atoms with Crippen molar-refractivity contribution in [3.05, 3.63) is 41.5 Å². The van der Waals surface area contributed by atoms with Crippen molar-refractivity contribution in [1.29, 1.82) is 0 Å². The number of ether oxygens (including phenoxy) is 2. The average molecular weight is 343 g/mol. The summed E-state index contributed by atoms with van der Waals surface area (Å²) in [5.74, 6) is 0. The summed E-state index contributed by atoms with van der Waals surface area (Å²) in [6.07, 6.45) is 3.60. The van der Waals surface area contributed by atoms with Gasteiger partial charge in [0.1, 0.15) is 6.10 Å².